The standard InChI is InChI=1S/C7H11N5O4S/c13-5-6(10-11-7(14)9-5)17(15,16)12-3-1-8-2-4-12/h8H,1-4H2,(H2,9,11,13,14). The molecule has 2 rings (SSSR count). The van der Waals surface area contributed by atoms with E-state index in [1.807, 2.05) is 10.1 Å². The fourth-order valence-electron chi connectivity index (χ4n) is 1.52. The number of piperazine rings is 1. The van der Waals surface area contributed by atoms with Crippen molar-refractivity contribution in [3.05, 3.63) is 20.8 Å². The zero-order valence-corrected chi connectivity index (χ0v) is 9.58. The number of nitrogens with one attached hydrogen (secondary N) is 3. The Morgan fingerprint density at radius 1 is 1.18 bits per heavy atom. The summed E-state index contributed by atoms with van der Waals surface area (Å²) >= 11 is 0. The molecule has 0 atom stereocenters. The molecule has 0 saturated carbocycles. The van der Waals surface area contributed by atoms with Crippen molar-refractivity contribution < 1.29 is 8.42 Å². The summed E-state index contributed by atoms with van der Waals surface area (Å²) < 4.78 is 25.2. The van der Waals surface area contributed by atoms with Gasteiger partial charge in [0.05, 0.1) is 0 Å². The van der Waals surface area contributed by atoms with E-state index in [0.29, 0.717) is 13.1 Å². The molecular formula is C7H11N5O4S. The molecule has 1 aliphatic rings. The summed E-state index contributed by atoms with van der Waals surface area (Å²) in [5.74, 6) is 0. The van der Waals surface area contributed by atoms with Crippen LogP contribution >= 0.6 is 0 Å². The van der Waals surface area contributed by atoms with Gasteiger partial charge >= 0.3 is 5.69 Å². The Labute approximate surface area is 95.9 Å². The van der Waals surface area contributed by atoms with Crippen molar-refractivity contribution in [1.29, 1.82) is 0 Å². The Balaban J connectivity index is 2.44. The average Bonchev–Trinajstić information content (AvgIpc) is 2.29. The molecular weight excluding hydrogens is 250 g/mol. The summed E-state index contributed by atoms with van der Waals surface area (Å²) in [5, 5.41) is 7.51. The molecule has 3 N–H and O–H groups in total. The molecule has 1 fully saturated rings. The maximum Gasteiger partial charge on any atom is 0.342 e. The highest BCUT2D eigenvalue weighted by molar-refractivity contribution is 7.89. The van der Waals surface area contributed by atoms with Gasteiger partial charge in [0.15, 0.2) is 0 Å². The van der Waals surface area contributed by atoms with Gasteiger partial charge in [-0.1, -0.05) is 0 Å². The summed E-state index contributed by atoms with van der Waals surface area (Å²) in [7, 11) is -3.94. The molecule has 0 bridgehead atoms. The number of H-pyrrole nitrogens is 2. The SMILES string of the molecule is O=c1[nH]nc(S(=O)(=O)N2CCNCC2)c(=O)[nH]1. The van der Waals surface area contributed by atoms with Crippen LogP contribution < -0.4 is 16.6 Å². The van der Waals surface area contributed by atoms with Crippen LogP contribution in [0, 0.1) is 0 Å². The lowest BCUT2D eigenvalue weighted by molar-refractivity contribution is 0.358. The number of hydrogen-bond acceptors (Lipinski definition) is 6. The lowest BCUT2D eigenvalue weighted by atomic mass is 10.4. The van der Waals surface area contributed by atoms with E-state index >= 15 is 0 Å². The second kappa shape index (κ2) is 4.39. The van der Waals surface area contributed by atoms with Crippen molar-refractivity contribution in [2.75, 3.05) is 26.2 Å². The first-order valence-electron chi connectivity index (χ1n) is 4.92. The predicted octanol–water partition coefficient (Wildman–Crippen LogP) is -2.95. The summed E-state index contributed by atoms with van der Waals surface area (Å²) in [5.41, 5.74) is -1.85. The largest absolute Gasteiger partial charge is 0.342 e. The number of nitrogens with zero attached hydrogens (tertiary/aromatic N) is 2. The summed E-state index contributed by atoms with van der Waals surface area (Å²) in [4.78, 5) is 24.0. The van der Waals surface area contributed by atoms with E-state index in [2.05, 4.69) is 10.4 Å². The average molecular weight is 261 g/mol. The van der Waals surface area contributed by atoms with E-state index in [4.69, 9.17) is 0 Å². The Morgan fingerprint density at radius 3 is 2.41 bits per heavy atom. The molecule has 9 nitrogen and oxygen atoms in total. The van der Waals surface area contributed by atoms with Gasteiger partial charge < -0.3 is 5.32 Å². The third-order valence-corrected chi connectivity index (χ3v) is 4.15. The molecule has 1 aromatic heterocycles. The van der Waals surface area contributed by atoms with Crippen molar-refractivity contribution in [3.63, 3.8) is 0 Å². The number of sulfonamides is 1. The molecule has 2 heterocycles. The summed E-state index contributed by atoms with van der Waals surface area (Å²) in [6.07, 6.45) is 0. The van der Waals surface area contributed by atoms with Crippen LogP contribution in [0.25, 0.3) is 0 Å². The first-order valence-corrected chi connectivity index (χ1v) is 6.36. The van der Waals surface area contributed by atoms with Crippen LogP contribution in [0.1, 0.15) is 0 Å². The molecule has 10 heteroatoms. The van der Waals surface area contributed by atoms with Gasteiger partial charge in [0.1, 0.15) is 0 Å². The highest BCUT2D eigenvalue weighted by Crippen LogP contribution is 2.08. The van der Waals surface area contributed by atoms with Gasteiger partial charge in [-0.3, -0.25) is 9.78 Å². The first kappa shape index (κ1) is 12.0. The van der Waals surface area contributed by atoms with Gasteiger partial charge in [-0.05, 0) is 0 Å². The Bertz CT molecular complexity index is 612. The normalized spacial score (nSPS) is 18.1. The van der Waals surface area contributed by atoms with Crippen molar-refractivity contribution in [2.45, 2.75) is 5.03 Å². The number of aromatic amines is 2. The molecule has 0 amide bonds. The van der Waals surface area contributed by atoms with E-state index in [-0.39, 0.29) is 13.1 Å². The van der Waals surface area contributed by atoms with Crippen molar-refractivity contribution in [1.82, 2.24) is 24.8 Å². The Hall–Kier alpha value is -1.52. The molecule has 0 aliphatic carbocycles. The van der Waals surface area contributed by atoms with Crippen LogP contribution in [0.5, 0.6) is 0 Å². The lowest BCUT2D eigenvalue weighted by Crippen LogP contribution is -2.48. The van der Waals surface area contributed by atoms with Crippen molar-refractivity contribution in [2.24, 2.45) is 0 Å². The summed E-state index contributed by atoms with van der Waals surface area (Å²) in [6, 6.07) is 0. The lowest BCUT2D eigenvalue weighted by Gasteiger charge is -2.25. The number of hydrogen-bond donors (Lipinski definition) is 3. The maximum atomic E-state index is 12.0. The maximum absolute atomic E-state index is 12.0. The highest BCUT2D eigenvalue weighted by Gasteiger charge is 2.30. The molecule has 0 aromatic carbocycles. The van der Waals surface area contributed by atoms with E-state index in [0.717, 1.165) is 4.31 Å². The predicted molar refractivity (Wildman–Crippen MR) is 57.1 cm³/mol. The van der Waals surface area contributed by atoms with Gasteiger partial charge in [-0.2, -0.15) is 9.40 Å². The Kier molecular flexibility index (Phi) is 3.09. The third kappa shape index (κ3) is 2.28. The van der Waals surface area contributed by atoms with Gasteiger partial charge in [0.2, 0.25) is 0 Å². The summed E-state index contributed by atoms with van der Waals surface area (Å²) in [6.45, 7) is 1.56. The smallest absolute Gasteiger partial charge is 0.314 e. The zero-order chi connectivity index (χ0) is 12.5. The number of aromatic nitrogens is 3. The van der Waals surface area contributed by atoms with Gasteiger partial charge in [0.25, 0.3) is 20.6 Å². The van der Waals surface area contributed by atoms with E-state index < -0.39 is 26.3 Å². The quantitative estimate of drug-likeness (QED) is 0.522. The fraction of sp³-hybridized carbons (Fsp3) is 0.571. The third-order valence-electron chi connectivity index (χ3n) is 2.34. The van der Waals surface area contributed by atoms with E-state index in [1.54, 1.807) is 0 Å². The van der Waals surface area contributed by atoms with Gasteiger partial charge in [0, 0.05) is 26.2 Å². The first-order chi connectivity index (χ1) is 8.01. The second-order valence-corrected chi connectivity index (χ2v) is 5.32. The minimum absolute atomic E-state index is 0.266. The van der Waals surface area contributed by atoms with Crippen LogP contribution in [0.2, 0.25) is 0 Å². The van der Waals surface area contributed by atoms with Crippen LogP contribution in [0.15, 0.2) is 14.6 Å². The van der Waals surface area contributed by atoms with E-state index in [1.165, 1.54) is 0 Å². The van der Waals surface area contributed by atoms with Gasteiger partial charge in [-0.15, -0.1) is 0 Å². The Morgan fingerprint density at radius 2 is 1.82 bits per heavy atom. The highest BCUT2D eigenvalue weighted by atomic mass is 32.2. The fourth-order valence-corrected chi connectivity index (χ4v) is 2.87. The molecule has 1 aliphatic heterocycles. The molecule has 1 saturated heterocycles. The second-order valence-electron chi connectivity index (χ2n) is 3.47. The topological polar surface area (TPSA) is 128 Å². The molecule has 94 valence electrons. The number of rotatable bonds is 2. The van der Waals surface area contributed by atoms with Crippen LogP contribution in [-0.2, 0) is 10.0 Å². The van der Waals surface area contributed by atoms with Crippen molar-refractivity contribution in [3.8, 4) is 0 Å². The monoisotopic (exact) mass is 261 g/mol. The van der Waals surface area contributed by atoms with Crippen molar-refractivity contribution >= 4 is 10.0 Å². The molecule has 0 radical (unpaired) electrons. The van der Waals surface area contributed by atoms with Gasteiger partial charge in [-0.25, -0.2) is 18.3 Å². The molecule has 17 heavy (non-hydrogen) atoms. The van der Waals surface area contributed by atoms with E-state index in [9.17, 15) is 18.0 Å². The molecule has 0 unspecified atom stereocenters. The van der Waals surface area contributed by atoms with Crippen LogP contribution in [-0.4, -0.2) is 54.1 Å². The zero-order valence-electron chi connectivity index (χ0n) is 8.76. The molecule has 0 spiro atoms. The minimum atomic E-state index is -3.94. The molecule has 1 aromatic rings. The van der Waals surface area contributed by atoms with Crippen LogP contribution in [0.3, 0.4) is 0 Å². The van der Waals surface area contributed by atoms with Crippen LogP contribution in [0.4, 0.5) is 0 Å². The minimum Gasteiger partial charge on any atom is -0.314 e.